The van der Waals surface area contributed by atoms with E-state index < -0.39 is 23.6 Å². The lowest BCUT2D eigenvalue weighted by Gasteiger charge is -2.36. The Hall–Kier alpha value is -2.20. The summed E-state index contributed by atoms with van der Waals surface area (Å²) in [7, 11) is 0. The molecule has 7 heteroatoms. The summed E-state index contributed by atoms with van der Waals surface area (Å²) in [6, 6.07) is 2.90. The summed E-state index contributed by atoms with van der Waals surface area (Å²) in [6.45, 7) is 0.540. The number of hydrogen-bond acceptors (Lipinski definition) is 4. The van der Waals surface area contributed by atoms with E-state index in [1.807, 2.05) is 0 Å². The van der Waals surface area contributed by atoms with Crippen LogP contribution in [0.3, 0.4) is 0 Å². The zero-order valence-corrected chi connectivity index (χ0v) is 10.5. The molecule has 106 valence electrons. The standard InChI is InChI=1S/C13H12F2N2O3/c14-10-3-8(6-16)4-11(15)13(10)17-1-2-20-7-9(17)5-12(18)19/h3-4,9H,1-2,5,7H2,(H,18,19). The van der Waals surface area contributed by atoms with Gasteiger partial charge in [-0.2, -0.15) is 5.26 Å². The van der Waals surface area contributed by atoms with Crippen molar-refractivity contribution in [1.29, 1.82) is 5.26 Å². The van der Waals surface area contributed by atoms with Gasteiger partial charge >= 0.3 is 5.97 Å². The van der Waals surface area contributed by atoms with Crippen LogP contribution in [0.15, 0.2) is 12.1 Å². The van der Waals surface area contributed by atoms with Crippen molar-refractivity contribution in [3.8, 4) is 6.07 Å². The van der Waals surface area contributed by atoms with E-state index in [1.54, 1.807) is 6.07 Å². The minimum Gasteiger partial charge on any atom is -0.481 e. The molecule has 1 N–H and O–H groups in total. The van der Waals surface area contributed by atoms with Crippen LogP contribution < -0.4 is 4.90 Å². The number of benzene rings is 1. The second kappa shape index (κ2) is 5.84. The lowest BCUT2D eigenvalue weighted by atomic mass is 10.1. The third kappa shape index (κ3) is 2.86. The summed E-state index contributed by atoms with van der Waals surface area (Å²) < 4.78 is 33.1. The van der Waals surface area contributed by atoms with Gasteiger partial charge in [-0.1, -0.05) is 0 Å². The molecule has 1 fully saturated rings. The van der Waals surface area contributed by atoms with E-state index in [4.69, 9.17) is 15.1 Å². The molecule has 0 saturated carbocycles. The van der Waals surface area contributed by atoms with Crippen molar-refractivity contribution in [2.45, 2.75) is 12.5 Å². The fourth-order valence-corrected chi connectivity index (χ4v) is 2.22. The molecule has 0 spiro atoms. The maximum atomic E-state index is 14.0. The van der Waals surface area contributed by atoms with Crippen molar-refractivity contribution in [1.82, 2.24) is 0 Å². The molecule has 1 heterocycles. The van der Waals surface area contributed by atoms with E-state index in [1.165, 1.54) is 4.90 Å². The fraction of sp³-hybridized carbons (Fsp3) is 0.385. The summed E-state index contributed by atoms with van der Waals surface area (Å²) in [5.74, 6) is -2.82. The molecule has 0 amide bonds. The van der Waals surface area contributed by atoms with E-state index in [0.29, 0.717) is 0 Å². The van der Waals surface area contributed by atoms with Gasteiger partial charge < -0.3 is 14.7 Å². The smallest absolute Gasteiger partial charge is 0.305 e. The van der Waals surface area contributed by atoms with Gasteiger partial charge in [-0.3, -0.25) is 4.79 Å². The molecule has 1 aliphatic rings. The zero-order chi connectivity index (χ0) is 14.7. The highest BCUT2D eigenvalue weighted by molar-refractivity contribution is 5.69. The summed E-state index contributed by atoms with van der Waals surface area (Å²) in [5, 5.41) is 17.5. The van der Waals surface area contributed by atoms with Crippen molar-refractivity contribution in [3.05, 3.63) is 29.3 Å². The number of morpholine rings is 1. The monoisotopic (exact) mass is 282 g/mol. The van der Waals surface area contributed by atoms with Crippen LogP contribution >= 0.6 is 0 Å². The predicted molar refractivity (Wildman–Crippen MR) is 65.3 cm³/mol. The van der Waals surface area contributed by atoms with Crippen molar-refractivity contribution in [3.63, 3.8) is 0 Å². The van der Waals surface area contributed by atoms with Gasteiger partial charge in [-0.25, -0.2) is 8.78 Å². The van der Waals surface area contributed by atoms with Crippen LogP contribution in [0.25, 0.3) is 0 Å². The van der Waals surface area contributed by atoms with Crippen LogP contribution in [0.2, 0.25) is 0 Å². The first kappa shape index (κ1) is 14.2. The van der Waals surface area contributed by atoms with Gasteiger partial charge in [0, 0.05) is 6.54 Å². The minimum atomic E-state index is -1.07. The van der Waals surface area contributed by atoms with E-state index >= 15 is 0 Å². The Morgan fingerprint density at radius 3 is 2.70 bits per heavy atom. The van der Waals surface area contributed by atoms with E-state index in [0.717, 1.165) is 12.1 Å². The Balaban J connectivity index is 2.37. The zero-order valence-electron chi connectivity index (χ0n) is 10.5. The Morgan fingerprint density at radius 1 is 1.50 bits per heavy atom. The molecule has 20 heavy (non-hydrogen) atoms. The van der Waals surface area contributed by atoms with Crippen LogP contribution in [0.4, 0.5) is 14.5 Å². The molecule has 0 aliphatic carbocycles. The van der Waals surface area contributed by atoms with Crippen molar-refractivity contribution >= 4 is 11.7 Å². The van der Waals surface area contributed by atoms with Crippen LogP contribution in [0.1, 0.15) is 12.0 Å². The molecule has 1 aromatic rings. The van der Waals surface area contributed by atoms with Gasteiger partial charge in [0.05, 0.1) is 37.3 Å². The van der Waals surface area contributed by atoms with Crippen LogP contribution in [-0.2, 0) is 9.53 Å². The molecule has 1 aliphatic heterocycles. The number of nitrogens with zero attached hydrogens (tertiary/aromatic N) is 2. The van der Waals surface area contributed by atoms with Gasteiger partial charge in [0.25, 0.3) is 0 Å². The van der Waals surface area contributed by atoms with E-state index in [9.17, 15) is 13.6 Å². The SMILES string of the molecule is N#Cc1cc(F)c(N2CCOCC2CC(=O)O)c(F)c1. The maximum absolute atomic E-state index is 14.0. The average Bonchev–Trinajstić information content (AvgIpc) is 2.39. The lowest BCUT2D eigenvalue weighted by molar-refractivity contribution is -0.138. The largest absolute Gasteiger partial charge is 0.481 e. The Bertz CT molecular complexity index is 548. The number of carboxylic acid groups (broad SMARTS) is 1. The molecule has 2 rings (SSSR count). The van der Waals surface area contributed by atoms with Crippen LogP contribution in [0.5, 0.6) is 0 Å². The van der Waals surface area contributed by atoms with Gasteiger partial charge in [-0.05, 0) is 12.1 Å². The first-order valence-corrected chi connectivity index (χ1v) is 5.98. The van der Waals surface area contributed by atoms with Gasteiger partial charge in [0.2, 0.25) is 0 Å². The van der Waals surface area contributed by atoms with Crippen molar-refractivity contribution < 1.29 is 23.4 Å². The van der Waals surface area contributed by atoms with Gasteiger partial charge in [-0.15, -0.1) is 0 Å². The Labute approximate surface area is 114 Å². The molecular weight excluding hydrogens is 270 g/mol. The normalized spacial score (nSPS) is 18.6. The third-order valence-electron chi connectivity index (χ3n) is 3.07. The molecule has 0 bridgehead atoms. The highest BCUT2D eigenvalue weighted by atomic mass is 19.1. The first-order chi connectivity index (χ1) is 9.52. The minimum absolute atomic E-state index is 0.0885. The number of hydrogen-bond donors (Lipinski definition) is 1. The Kier molecular flexibility index (Phi) is 4.15. The van der Waals surface area contributed by atoms with E-state index in [-0.39, 0.29) is 37.4 Å². The highest BCUT2D eigenvalue weighted by Gasteiger charge is 2.29. The molecule has 0 aromatic heterocycles. The number of carbonyl (C=O) groups is 1. The number of ether oxygens (including phenoxy) is 1. The summed E-state index contributed by atoms with van der Waals surface area (Å²) in [6.07, 6.45) is -0.279. The second-order valence-electron chi connectivity index (χ2n) is 4.42. The number of halogens is 2. The van der Waals surface area contributed by atoms with Crippen LogP contribution in [-0.4, -0.2) is 36.9 Å². The molecular formula is C13H12F2N2O3. The second-order valence-corrected chi connectivity index (χ2v) is 4.42. The average molecular weight is 282 g/mol. The molecule has 1 saturated heterocycles. The number of rotatable bonds is 3. The molecule has 1 atom stereocenters. The van der Waals surface area contributed by atoms with Gasteiger partial charge in [0.15, 0.2) is 11.6 Å². The van der Waals surface area contributed by atoms with Crippen molar-refractivity contribution in [2.75, 3.05) is 24.7 Å². The van der Waals surface area contributed by atoms with E-state index in [2.05, 4.69) is 0 Å². The summed E-state index contributed by atoms with van der Waals surface area (Å²) in [4.78, 5) is 12.2. The van der Waals surface area contributed by atoms with Crippen molar-refractivity contribution in [2.24, 2.45) is 0 Å². The molecule has 5 nitrogen and oxygen atoms in total. The highest BCUT2D eigenvalue weighted by Crippen LogP contribution is 2.28. The molecule has 1 aromatic carbocycles. The van der Waals surface area contributed by atoms with Crippen LogP contribution in [0, 0.1) is 23.0 Å². The maximum Gasteiger partial charge on any atom is 0.305 e. The Morgan fingerprint density at radius 2 is 2.15 bits per heavy atom. The quantitative estimate of drug-likeness (QED) is 0.909. The third-order valence-corrected chi connectivity index (χ3v) is 3.07. The van der Waals surface area contributed by atoms with Gasteiger partial charge in [0.1, 0.15) is 5.69 Å². The lowest BCUT2D eigenvalue weighted by Crippen LogP contribution is -2.47. The number of anilines is 1. The number of nitriles is 1. The molecule has 0 radical (unpaired) electrons. The molecule has 1 unspecified atom stereocenters. The number of aliphatic carboxylic acids is 1. The fourth-order valence-electron chi connectivity index (χ4n) is 2.22. The topological polar surface area (TPSA) is 73.6 Å². The summed E-state index contributed by atoms with van der Waals surface area (Å²) >= 11 is 0. The summed E-state index contributed by atoms with van der Waals surface area (Å²) in [5.41, 5.74) is -0.426. The predicted octanol–water partition coefficient (Wildman–Crippen LogP) is 1.52. The first-order valence-electron chi connectivity index (χ1n) is 5.98. The number of carboxylic acids is 1.